The first-order valence-electron chi connectivity index (χ1n) is 9.53. The van der Waals surface area contributed by atoms with Crippen molar-refractivity contribution in [3.05, 3.63) is 75.7 Å². The van der Waals surface area contributed by atoms with Crippen LogP contribution >= 0.6 is 0 Å². The molecule has 1 aromatic carbocycles. The quantitative estimate of drug-likeness (QED) is 0.789. The maximum Gasteiger partial charge on any atom is 0.275 e. The molecule has 0 N–H and O–H groups in total. The lowest BCUT2D eigenvalue weighted by atomic mass is 9.90. The Morgan fingerprint density at radius 2 is 2.04 bits per heavy atom. The van der Waals surface area contributed by atoms with Crippen molar-refractivity contribution in [2.75, 3.05) is 6.54 Å². The van der Waals surface area contributed by atoms with E-state index in [-0.39, 0.29) is 35.3 Å². The van der Waals surface area contributed by atoms with E-state index < -0.39 is 0 Å². The summed E-state index contributed by atoms with van der Waals surface area (Å²) >= 11 is 0. The van der Waals surface area contributed by atoms with Gasteiger partial charge >= 0.3 is 0 Å². The molecule has 1 spiro atoms. The molecule has 1 amide bonds. The van der Waals surface area contributed by atoms with Gasteiger partial charge in [-0.3, -0.25) is 9.59 Å². The van der Waals surface area contributed by atoms with Crippen LogP contribution in [0.4, 0.5) is 0 Å². The Kier molecular flexibility index (Phi) is 3.54. The number of fused-ring (bicyclic) bond motifs is 1. The number of hydrogen-bond donors (Lipinski definition) is 0. The number of allylic oxidation sites excluding steroid dienone is 1. The molecule has 2 atom stereocenters. The van der Waals surface area contributed by atoms with E-state index in [0.717, 1.165) is 30.5 Å². The first-order valence-corrected chi connectivity index (χ1v) is 9.53. The minimum atomic E-state index is -0.196. The van der Waals surface area contributed by atoms with Gasteiger partial charge in [-0.05, 0) is 31.7 Å². The molecule has 0 unspecified atom stereocenters. The number of carbonyl (C=O) groups is 1. The molecular weight excluding hydrogens is 340 g/mol. The van der Waals surface area contributed by atoms with Gasteiger partial charge in [0.15, 0.2) is 11.4 Å². The largest absolute Gasteiger partial charge is 0.483 e. The molecule has 138 valence electrons. The zero-order valence-corrected chi connectivity index (χ0v) is 15.4. The van der Waals surface area contributed by atoms with E-state index in [9.17, 15) is 9.59 Å². The monoisotopic (exact) mass is 362 g/mol. The maximum absolute atomic E-state index is 13.3. The lowest BCUT2D eigenvalue weighted by molar-refractivity contribution is 0.0522. The number of benzene rings is 1. The summed E-state index contributed by atoms with van der Waals surface area (Å²) in [7, 11) is 0. The molecule has 0 radical (unpaired) electrons. The van der Waals surface area contributed by atoms with Crippen molar-refractivity contribution in [2.45, 2.75) is 44.4 Å². The van der Waals surface area contributed by atoms with Crippen LogP contribution in [0.3, 0.4) is 0 Å². The van der Waals surface area contributed by atoms with Crippen molar-refractivity contribution in [3.63, 3.8) is 0 Å². The van der Waals surface area contributed by atoms with Gasteiger partial charge in [-0.2, -0.15) is 0 Å². The predicted octanol–water partition coefficient (Wildman–Crippen LogP) is 2.87. The van der Waals surface area contributed by atoms with Crippen molar-refractivity contribution in [3.8, 4) is 5.75 Å². The van der Waals surface area contributed by atoms with Gasteiger partial charge in [0, 0.05) is 24.3 Å². The third-order valence-electron chi connectivity index (χ3n) is 6.13. The van der Waals surface area contributed by atoms with E-state index in [0.29, 0.717) is 12.2 Å². The summed E-state index contributed by atoms with van der Waals surface area (Å²) in [4.78, 5) is 28.1. The van der Waals surface area contributed by atoms with Crippen LogP contribution in [0.15, 0.2) is 53.3 Å². The first-order chi connectivity index (χ1) is 13.1. The van der Waals surface area contributed by atoms with Gasteiger partial charge in [-0.15, -0.1) is 0 Å². The van der Waals surface area contributed by atoms with E-state index >= 15 is 0 Å². The fraction of sp³-hybridized carbons (Fsp3) is 0.364. The molecule has 0 saturated heterocycles. The number of ether oxygens (including phenoxy) is 1. The summed E-state index contributed by atoms with van der Waals surface area (Å²) in [5.41, 5.74) is 2.02. The summed E-state index contributed by atoms with van der Waals surface area (Å²) < 4.78 is 8.08. The predicted molar refractivity (Wildman–Crippen MR) is 102 cm³/mol. The lowest BCUT2D eigenvalue weighted by Gasteiger charge is -2.43. The van der Waals surface area contributed by atoms with Crippen LogP contribution in [0, 0.1) is 0 Å². The fourth-order valence-corrected chi connectivity index (χ4v) is 4.75. The second-order valence-electron chi connectivity index (χ2n) is 7.82. The minimum absolute atomic E-state index is 0.0203. The van der Waals surface area contributed by atoms with E-state index in [4.69, 9.17) is 4.74 Å². The van der Waals surface area contributed by atoms with Crippen LogP contribution in [0.1, 0.15) is 41.5 Å². The number of aromatic nitrogens is 1. The average Bonchev–Trinajstić information content (AvgIpc) is 2.94. The highest BCUT2D eigenvalue weighted by Crippen LogP contribution is 2.44. The molecule has 0 saturated carbocycles. The van der Waals surface area contributed by atoms with Crippen molar-refractivity contribution in [1.29, 1.82) is 0 Å². The third kappa shape index (κ3) is 2.37. The summed E-state index contributed by atoms with van der Waals surface area (Å²) in [6.45, 7) is 3.00. The van der Waals surface area contributed by atoms with Crippen molar-refractivity contribution >= 4 is 5.91 Å². The Hall–Kier alpha value is -2.82. The average molecular weight is 362 g/mol. The fourth-order valence-electron chi connectivity index (χ4n) is 4.75. The Labute approximate surface area is 157 Å². The van der Waals surface area contributed by atoms with Gasteiger partial charge in [0.2, 0.25) is 5.43 Å². The Morgan fingerprint density at radius 3 is 2.85 bits per heavy atom. The number of rotatable bonds is 3. The lowest BCUT2D eigenvalue weighted by Crippen LogP contribution is -2.54. The Balaban J connectivity index is 1.65. The second-order valence-corrected chi connectivity index (χ2v) is 7.82. The highest BCUT2D eigenvalue weighted by molar-refractivity contribution is 5.97. The molecule has 5 heteroatoms. The van der Waals surface area contributed by atoms with Crippen LogP contribution in [-0.2, 0) is 18.6 Å². The Morgan fingerprint density at radius 1 is 1.22 bits per heavy atom. The second kappa shape index (κ2) is 5.84. The minimum Gasteiger partial charge on any atom is -0.483 e. The zero-order valence-electron chi connectivity index (χ0n) is 15.4. The summed E-state index contributed by atoms with van der Waals surface area (Å²) in [6.07, 6.45) is 6.93. The molecule has 5 rings (SSSR count). The Bertz CT molecular complexity index is 1010. The van der Waals surface area contributed by atoms with Gasteiger partial charge in [-0.25, -0.2) is 0 Å². The van der Waals surface area contributed by atoms with E-state index in [1.807, 2.05) is 42.2 Å². The zero-order chi connectivity index (χ0) is 18.6. The van der Waals surface area contributed by atoms with Crippen molar-refractivity contribution < 1.29 is 9.53 Å². The summed E-state index contributed by atoms with van der Waals surface area (Å²) in [5, 5.41) is 0. The van der Waals surface area contributed by atoms with Gasteiger partial charge in [0.1, 0.15) is 6.61 Å². The molecule has 5 nitrogen and oxygen atoms in total. The molecule has 4 heterocycles. The molecule has 0 fully saturated rings. The smallest absolute Gasteiger partial charge is 0.275 e. The van der Waals surface area contributed by atoms with E-state index in [1.54, 1.807) is 6.07 Å². The van der Waals surface area contributed by atoms with Crippen LogP contribution in [0.2, 0.25) is 0 Å². The van der Waals surface area contributed by atoms with Gasteiger partial charge in [0.25, 0.3) is 5.91 Å². The van der Waals surface area contributed by atoms with Crippen LogP contribution in [0.25, 0.3) is 0 Å². The van der Waals surface area contributed by atoms with E-state index in [2.05, 4.69) is 16.7 Å². The number of pyridine rings is 1. The van der Waals surface area contributed by atoms with Gasteiger partial charge in [0.05, 0.1) is 5.54 Å². The highest BCUT2D eigenvalue weighted by Gasteiger charge is 2.49. The number of nitrogens with zero attached hydrogens (tertiary/aromatic N) is 2. The SMILES string of the molecule is C[C@H]1C=CC[C@]23CCc4cc(=O)c(OCc5ccccc5)c(n42)C(=O)N1C3. The molecule has 3 aliphatic heterocycles. The number of aryl methyl sites for hydroxylation is 1. The third-order valence-corrected chi connectivity index (χ3v) is 6.13. The number of carbonyl (C=O) groups excluding carboxylic acids is 1. The number of hydrogen-bond acceptors (Lipinski definition) is 3. The van der Waals surface area contributed by atoms with E-state index in [1.165, 1.54) is 0 Å². The van der Waals surface area contributed by atoms with Crippen LogP contribution in [-0.4, -0.2) is 28.0 Å². The molecule has 0 aliphatic carbocycles. The highest BCUT2D eigenvalue weighted by atomic mass is 16.5. The summed E-state index contributed by atoms with van der Waals surface area (Å²) in [6, 6.07) is 11.4. The van der Waals surface area contributed by atoms with Crippen LogP contribution < -0.4 is 10.2 Å². The first kappa shape index (κ1) is 16.4. The van der Waals surface area contributed by atoms with Gasteiger partial charge < -0.3 is 14.2 Å². The van der Waals surface area contributed by atoms with Crippen molar-refractivity contribution in [1.82, 2.24) is 9.47 Å². The maximum atomic E-state index is 13.3. The number of amides is 1. The molecule has 2 bridgehead atoms. The summed E-state index contributed by atoms with van der Waals surface area (Å²) in [5.74, 6) is 0.0891. The molecule has 27 heavy (non-hydrogen) atoms. The molecule has 1 aromatic heterocycles. The molecular formula is C22H22N2O3. The molecule has 3 aliphatic rings. The standard InChI is InChI=1S/C22H22N2O3/c1-15-6-5-10-22-11-9-17-12-18(25)20(27-13-16-7-3-2-4-8-16)19(24(17)22)21(26)23(15)14-22/h2-8,12,15H,9-11,13-14H2,1H3/t15-,22+/m0/s1. The van der Waals surface area contributed by atoms with Crippen LogP contribution in [0.5, 0.6) is 5.75 Å². The van der Waals surface area contributed by atoms with Gasteiger partial charge in [-0.1, -0.05) is 42.5 Å². The van der Waals surface area contributed by atoms with Crippen molar-refractivity contribution in [2.24, 2.45) is 0 Å². The molecule has 2 aromatic rings. The normalized spacial score (nSPS) is 25.3. The topological polar surface area (TPSA) is 51.5 Å².